The minimum Gasteiger partial charge on any atom is -0.345 e. The maximum absolute atomic E-state index is 13.2. The maximum Gasteiger partial charge on any atom is 0.252 e. The van der Waals surface area contributed by atoms with Gasteiger partial charge in [0.25, 0.3) is 5.91 Å². The van der Waals surface area contributed by atoms with Crippen molar-refractivity contribution in [3.05, 3.63) is 95.8 Å². The van der Waals surface area contributed by atoms with Crippen molar-refractivity contribution < 1.29 is 4.79 Å². The summed E-state index contributed by atoms with van der Waals surface area (Å²) >= 11 is 0. The number of hydrogen-bond acceptors (Lipinski definition) is 3. The number of hydrogen-bond donors (Lipinski definition) is 1. The zero-order valence-electron chi connectivity index (χ0n) is 15.9. The molecule has 2 heterocycles. The third kappa shape index (κ3) is 3.49. The van der Waals surface area contributed by atoms with Crippen LogP contribution in [0.25, 0.3) is 22.2 Å². The first-order valence-electron chi connectivity index (χ1n) is 9.30. The topological polar surface area (TPSA) is 54.9 Å². The summed E-state index contributed by atoms with van der Waals surface area (Å²) in [6.45, 7) is 4.06. The van der Waals surface area contributed by atoms with Crippen LogP contribution in [0.2, 0.25) is 0 Å². The summed E-state index contributed by atoms with van der Waals surface area (Å²) in [5.41, 5.74) is 5.39. The predicted molar refractivity (Wildman–Crippen MR) is 112 cm³/mol. The van der Waals surface area contributed by atoms with Crippen molar-refractivity contribution in [1.82, 2.24) is 15.3 Å². The molecule has 4 rings (SSSR count). The second-order valence-corrected chi connectivity index (χ2v) is 6.86. The molecule has 4 heteroatoms. The molecule has 4 aromatic rings. The number of fused-ring (bicyclic) bond motifs is 1. The largest absolute Gasteiger partial charge is 0.345 e. The molecule has 0 aliphatic carbocycles. The first-order chi connectivity index (χ1) is 13.6. The monoisotopic (exact) mass is 367 g/mol. The van der Waals surface area contributed by atoms with E-state index in [1.807, 2.05) is 67.6 Å². The number of aryl methyl sites for hydroxylation is 1. The molecule has 138 valence electrons. The van der Waals surface area contributed by atoms with E-state index in [9.17, 15) is 4.79 Å². The molecule has 0 spiro atoms. The number of amides is 1. The highest BCUT2D eigenvalue weighted by Crippen LogP contribution is 2.25. The van der Waals surface area contributed by atoms with Crippen molar-refractivity contribution in [3.8, 4) is 11.3 Å². The average Bonchev–Trinajstić information content (AvgIpc) is 2.73. The molecule has 0 radical (unpaired) electrons. The van der Waals surface area contributed by atoms with Gasteiger partial charge in [-0.25, -0.2) is 4.98 Å². The summed E-state index contributed by atoms with van der Waals surface area (Å²) in [6, 6.07) is 21.4. The molecule has 0 saturated carbocycles. The molecule has 2 aromatic carbocycles. The fourth-order valence-electron chi connectivity index (χ4n) is 3.46. The zero-order valence-corrected chi connectivity index (χ0v) is 15.9. The number of para-hydroxylation sites is 1. The number of benzene rings is 2. The molecule has 0 fully saturated rings. The first kappa shape index (κ1) is 17.9. The number of carbonyl (C=O) groups excluding carboxylic acids is 1. The third-order valence-electron chi connectivity index (χ3n) is 4.94. The minimum atomic E-state index is -0.107. The molecule has 0 unspecified atom stereocenters. The summed E-state index contributed by atoms with van der Waals surface area (Å²) in [5.74, 6) is -0.107. The van der Waals surface area contributed by atoms with Gasteiger partial charge in [-0.15, -0.1) is 0 Å². The van der Waals surface area contributed by atoms with Gasteiger partial charge in [-0.05, 0) is 49.2 Å². The Morgan fingerprint density at radius 3 is 2.46 bits per heavy atom. The maximum atomic E-state index is 13.2. The summed E-state index contributed by atoms with van der Waals surface area (Å²) in [4.78, 5) is 22.0. The number of nitrogens with zero attached hydrogens (tertiary/aromatic N) is 2. The van der Waals surface area contributed by atoms with Crippen LogP contribution in [0.5, 0.6) is 0 Å². The van der Waals surface area contributed by atoms with Gasteiger partial charge in [0.1, 0.15) is 0 Å². The molecule has 28 heavy (non-hydrogen) atoms. The fourth-order valence-corrected chi connectivity index (χ4v) is 3.46. The van der Waals surface area contributed by atoms with Gasteiger partial charge < -0.3 is 5.32 Å². The van der Waals surface area contributed by atoms with Gasteiger partial charge >= 0.3 is 0 Å². The van der Waals surface area contributed by atoms with E-state index in [-0.39, 0.29) is 11.9 Å². The Hall–Kier alpha value is -3.53. The number of carbonyl (C=O) groups is 1. The van der Waals surface area contributed by atoms with Crippen LogP contribution in [0.3, 0.4) is 0 Å². The van der Waals surface area contributed by atoms with Crippen LogP contribution in [-0.4, -0.2) is 15.9 Å². The van der Waals surface area contributed by atoms with Crippen LogP contribution in [-0.2, 0) is 0 Å². The Kier molecular flexibility index (Phi) is 4.85. The van der Waals surface area contributed by atoms with E-state index in [0.717, 1.165) is 33.3 Å². The van der Waals surface area contributed by atoms with Crippen LogP contribution in [0, 0.1) is 6.92 Å². The highest BCUT2D eigenvalue weighted by Gasteiger charge is 2.17. The van der Waals surface area contributed by atoms with Crippen LogP contribution >= 0.6 is 0 Å². The van der Waals surface area contributed by atoms with E-state index in [4.69, 9.17) is 4.98 Å². The Labute approximate surface area is 164 Å². The molecule has 0 saturated heterocycles. The van der Waals surface area contributed by atoms with Crippen molar-refractivity contribution in [1.29, 1.82) is 0 Å². The Bertz CT molecular complexity index is 1140. The van der Waals surface area contributed by atoms with Gasteiger partial charge in [-0.2, -0.15) is 0 Å². The molecule has 1 N–H and O–H groups in total. The Morgan fingerprint density at radius 2 is 1.68 bits per heavy atom. The third-order valence-corrected chi connectivity index (χ3v) is 4.94. The van der Waals surface area contributed by atoms with Crippen molar-refractivity contribution >= 4 is 16.8 Å². The molecule has 0 bridgehead atoms. The summed E-state index contributed by atoms with van der Waals surface area (Å²) in [6.07, 6.45) is 3.46. The van der Waals surface area contributed by atoms with Crippen LogP contribution in [0.1, 0.15) is 34.5 Å². The lowest BCUT2D eigenvalue weighted by Crippen LogP contribution is -2.27. The van der Waals surface area contributed by atoms with E-state index in [1.165, 1.54) is 0 Å². The second-order valence-electron chi connectivity index (χ2n) is 6.86. The van der Waals surface area contributed by atoms with Gasteiger partial charge in [0, 0.05) is 23.3 Å². The number of pyridine rings is 2. The lowest BCUT2D eigenvalue weighted by molar-refractivity contribution is 0.0941. The fraction of sp³-hybridized carbons (Fsp3) is 0.125. The summed E-state index contributed by atoms with van der Waals surface area (Å²) in [5, 5.41) is 3.99. The number of rotatable bonds is 4. The molecule has 0 aliphatic heterocycles. The number of aromatic nitrogens is 2. The molecule has 1 atom stereocenters. The highest BCUT2D eigenvalue weighted by molar-refractivity contribution is 6.07. The van der Waals surface area contributed by atoms with Crippen molar-refractivity contribution in [2.24, 2.45) is 0 Å². The average molecular weight is 367 g/mol. The quantitative estimate of drug-likeness (QED) is 0.546. The second kappa shape index (κ2) is 7.61. The van der Waals surface area contributed by atoms with Gasteiger partial charge in [-0.1, -0.05) is 42.5 Å². The Morgan fingerprint density at radius 1 is 0.964 bits per heavy atom. The number of nitrogens with one attached hydrogen (secondary N) is 1. The molecule has 2 aromatic heterocycles. The normalized spacial score (nSPS) is 11.9. The zero-order chi connectivity index (χ0) is 19.5. The van der Waals surface area contributed by atoms with Gasteiger partial charge in [-0.3, -0.25) is 9.78 Å². The molecule has 0 aliphatic rings. The SMILES string of the molecule is Cc1ccccc1[C@H](C)NC(=O)c1cc(-c2ccncc2)nc2ccccc12. The van der Waals surface area contributed by atoms with Gasteiger partial charge in [0.2, 0.25) is 0 Å². The van der Waals surface area contributed by atoms with E-state index in [1.54, 1.807) is 12.4 Å². The first-order valence-corrected chi connectivity index (χ1v) is 9.30. The van der Waals surface area contributed by atoms with E-state index in [0.29, 0.717) is 5.56 Å². The smallest absolute Gasteiger partial charge is 0.252 e. The molecule has 1 amide bonds. The summed E-state index contributed by atoms with van der Waals surface area (Å²) in [7, 11) is 0. The highest BCUT2D eigenvalue weighted by atomic mass is 16.1. The van der Waals surface area contributed by atoms with E-state index >= 15 is 0 Å². The van der Waals surface area contributed by atoms with Crippen molar-refractivity contribution in [2.75, 3.05) is 0 Å². The van der Waals surface area contributed by atoms with Gasteiger partial charge in [0.15, 0.2) is 0 Å². The molecular formula is C24H21N3O. The lowest BCUT2D eigenvalue weighted by Gasteiger charge is -2.18. The molecule has 4 nitrogen and oxygen atoms in total. The van der Waals surface area contributed by atoms with Crippen LogP contribution in [0.4, 0.5) is 0 Å². The van der Waals surface area contributed by atoms with E-state index < -0.39 is 0 Å². The van der Waals surface area contributed by atoms with E-state index in [2.05, 4.69) is 23.3 Å². The lowest BCUT2D eigenvalue weighted by atomic mass is 10.0. The van der Waals surface area contributed by atoms with Crippen LogP contribution < -0.4 is 5.32 Å². The van der Waals surface area contributed by atoms with Crippen molar-refractivity contribution in [3.63, 3.8) is 0 Å². The Balaban J connectivity index is 1.75. The summed E-state index contributed by atoms with van der Waals surface area (Å²) < 4.78 is 0. The van der Waals surface area contributed by atoms with Crippen molar-refractivity contribution in [2.45, 2.75) is 19.9 Å². The minimum absolute atomic E-state index is 0.0926. The van der Waals surface area contributed by atoms with Crippen LogP contribution in [0.15, 0.2) is 79.1 Å². The predicted octanol–water partition coefficient (Wildman–Crippen LogP) is 5.10. The standard InChI is InChI=1S/C24H21N3O/c1-16-7-3-4-8-19(16)17(2)26-24(28)21-15-23(18-11-13-25-14-12-18)27-22-10-6-5-9-20(21)22/h3-15,17H,1-2H3,(H,26,28)/t17-/m0/s1. The van der Waals surface area contributed by atoms with Gasteiger partial charge in [0.05, 0.1) is 22.8 Å². The molecular weight excluding hydrogens is 346 g/mol.